The van der Waals surface area contributed by atoms with Crippen LogP contribution in [0.25, 0.3) is 5.65 Å². The van der Waals surface area contributed by atoms with E-state index in [0.29, 0.717) is 18.7 Å². The van der Waals surface area contributed by atoms with Crippen molar-refractivity contribution in [2.24, 2.45) is 0 Å². The SMILES string of the molecule is C=CCN(CC=C)c1cc(C)c2nc(C(=O)O)cn2c1. The van der Waals surface area contributed by atoms with Gasteiger partial charge in [0.2, 0.25) is 0 Å². The monoisotopic (exact) mass is 271 g/mol. The molecule has 0 fully saturated rings. The van der Waals surface area contributed by atoms with Crippen LogP contribution in [0.1, 0.15) is 16.1 Å². The number of fused-ring (bicyclic) bond motifs is 1. The van der Waals surface area contributed by atoms with Gasteiger partial charge in [-0.2, -0.15) is 0 Å². The van der Waals surface area contributed by atoms with Crippen LogP contribution in [-0.4, -0.2) is 33.6 Å². The van der Waals surface area contributed by atoms with Gasteiger partial charge in [0.1, 0.15) is 5.65 Å². The van der Waals surface area contributed by atoms with Gasteiger partial charge in [-0.05, 0) is 18.6 Å². The highest BCUT2D eigenvalue weighted by Crippen LogP contribution is 2.20. The minimum atomic E-state index is -1.02. The van der Waals surface area contributed by atoms with E-state index in [2.05, 4.69) is 23.0 Å². The number of imidazole rings is 1. The van der Waals surface area contributed by atoms with Crippen molar-refractivity contribution in [2.45, 2.75) is 6.92 Å². The second-order valence-electron chi connectivity index (χ2n) is 4.53. The molecule has 2 aromatic rings. The van der Waals surface area contributed by atoms with E-state index in [0.717, 1.165) is 11.3 Å². The first-order valence-electron chi connectivity index (χ1n) is 6.26. The number of aromatic carboxylic acids is 1. The Hall–Kier alpha value is -2.56. The van der Waals surface area contributed by atoms with Gasteiger partial charge < -0.3 is 14.4 Å². The molecule has 5 nitrogen and oxygen atoms in total. The topological polar surface area (TPSA) is 57.8 Å². The number of hydrogen-bond acceptors (Lipinski definition) is 3. The van der Waals surface area contributed by atoms with Crippen LogP contribution in [0.3, 0.4) is 0 Å². The Labute approximate surface area is 117 Å². The molecule has 0 unspecified atom stereocenters. The molecule has 0 aliphatic rings. The number of carbonyl (C=O) groups is 1. The van der Waals surface area contributed by atoms with Gasteiger partial charge in [-0.3, -0.25) is 0 Å². The number of hydrogen-bond donors (Lipinski definition) is 1. The molecule has 2 heterocycles. The van der Waals surface area contributed by atoms with Gasteiger partial charge in [0.05, 0.1) is 5.69 Å². The first kappa shape index (κ1) is 13.9. The lowest BCUT2D eigenvalue weighted by Gasteiger charge is -2.22. The van der Waals surface area contributed by atoms with E-state index in [4.69, 9.17) is 5.11 Å². The molecule has 0 bridgehead atoms. The Balaban J connectivity index is 2.52. The maximum Gasteiger partial charge on any atom is 0.356 e. The standard InChI is InChI=1S/C15H17N3O2/c1-4-6-17(7-5-2)12-8-11(3)14-16-13(15(19)20)10-18(14)9-12/h4-5,8-10H,1-2,6-7H2,3H3,(H,19,20). The number of nitrogens with zero attached hydrogens (tertiary/aromatic N) is 3. The van der Waals surface area contributed by atoms with Crippen molar-refractivity contribution in [1.29, 1.82) is 0 Å². The van der Waals surface area contributed by atoms with Gasteiger partial charge in [0.25, 0.3) is 0 Å². The van der Waals surface area contributed by atoms with Crippen LogP contribution < -0.4 is 4.90 Å². The van der Waals surface area contributed by atoms with Gasteiger partial charge >= 0.3 is 5.97 Å². The average molecular weight is 271 g/mol. The highest BCUT2D eigenvalue weighted by atomic mass is 16.4. The Morgan fingerprint density at radius 1 is 1.40 bits per heavy atom. The molecule has 0 saturated heterocycles. The van der Waals surface area contributed by atoms with E-state index in [1.807, 2.05) is 31.3 Å². The summed E-state index contributed by atoms with van der Waals surface area (Å²) in [6.07, 6.45) is 7.03. The number of carboxylic acids is 1. The summed E-state index contributed by atoms with van der Waals surface area (Å²) in [6, 6.07) is 1.99. The van der Waals surface area contributed by atoms with Gasteiger partial charge in [-0.25, -0.2) is 9.78 Å². The maximum atomic E-state index is 11.0. The van der Waals surface area contributed by atoms with Crippen LogP contribution in [0.2, 0.25) is 0 Å². The number of anilines is 1. The molecule has 1 N–H and O–H groups in total. The summed E-state index contributed by atoms with van der Waals surface area (Å²) in [4.78, 5) is 17.2. The Morgan fingerprint density at radius 3 is 2.60 bits per heavy atom. The van der Waals surface area contributed by atoms with E-state index >= 15 is 0 Å². The molecule has 0 amide bonds. The first-order chi connectivity index (χ1) is 9.56. The third kappa shape index (κ3) is 2.56. The minimum absolute atomic E-state index is 0.0456. The molecule has 0 aromatic carbocycles. The van der Waals surface area contributed by atoms with E-state index in [1.54, 1.807) is 4.40 Å². The zero-order valence-electron chi connectivity index (χ0n) is 11.4. The van der Waals surface area contributed by atoms with Gasteiger partial charge in [0.15, 0.2) is 5.69 Å². The van der Waals surface area contributed by atoms with Gasteiger partial charge in [0, 0.05) is 25.5 Å². The molecule has 104 valence electrons. The van der Waals surface area contributed by atoms with Crippen molar-refractivity contribution in [3.8, 4) is 0 Å². The highest BCUT2D eigenvalue weighted by molar-refractivity contribution is 5.86. The summed E-state index contributed by atoms with van der Waals surface area (Å²) in [6.45, 7) is 10.8. The Bertz CT molecular complexity index is 663. The number of pyridine rings is 1. The summed E-state index contributed by atoms with van der Waals surface area (Å²) >= 11 is 0. The molecule has 2 aromatic heterocycles. The summed E-state index contributed by atoms with van der Waals surface area (Å²) in [5, 5.41) is 9.01. The minimum Gasteiger partial charge on any atom is -0.476 e. The highest BCUT2D eigenvalue weighted by Gasteiger charge is 2.12. The fourth-order valence-electron chi connectivity index (χ4n) is 2.12. The number of aromatic nitrogens is 2. The van der Waals surface area contributed by atoms with E-state index in [9.17, 15) is 4.79 Å². The van der Waals surface area contributed by atoms with Crippen LogP contribution in [0.5, 0.6) is 0 Å². The van der Waals surface area contributed by atoms with Crippen LogP contribution in [0.15, 0.2) is 43.8 Å². The lowest BCUT2D eigenvalue weighted by atomic mass is 10.2. The predicted molar refractivity (Wildman–Crippen MR) is 79.5 cm³/mol. The van der Waals surface area contributed by atoms with Gasteiger partial charge in [-0.1, -0.05) is 12.2 Å². The molecule has 0 aliphatic heterocycles. The molecule has 0 atom stereocenters. The van der Waals surface area contributed by atoms with Gasteiger partial charge in [-0.15, -0.1) is 13.2 Å². The molecule has 5 heteroatoms. The first-order valence-corrected chi connectivity index (χ1v) is 6.26. The fraction of sp³-hybridized carbons (Fsp3) is 0.200. The zero-order chi connectivity index (χ0) is 14.7. The largest absolute Gasteiger partial charge is 0.476 e. The third-order valence-corrected chi connectivity index (χ3v) is 3.00. The van der Waals surface area contributed by atoms with Crippen molar-refractivity contribution in [3.05, 3.63) is 55.0 Å². The van der Waals surface area contributed by atoms with Crippen molar-refractivity contribution < 1.29 is 9.90 Å². The third-order valence-electron chi connectivity index (χ3n) is 3.00. The van der Waals surface area contributed by atoms with Crippen LogP contribution >= 0.6 is 0 Å². The van der Waals surface area contributed by atoms with E-state index < -0.39 is 5.97 Å². The Kier molecular flexibility index (Phi) is 3.89. The maximum absolute atomic E-state index is 11.0. The Morgan fingerprint density at radius 2 is 2.05 bits per heavy atom. The molecule has 0 spiro atoms. The van der Waals surface area contributed by atoms with Crippen LogP contribution in [0, 0.1) is 6.92 Å². The van der Waals surface area contributed by atoms with Crippen LogP contribution in [-0.2, 0) is 0 Å². The smallest absolute Gasteiger partial charge is 0.356 e. The average Bonchev–Trinajstić information content (AvgIpc) is 2.83. The van der Waals surface area contributed by atoms with Crippen LogP contribution in [0.4, 0.5) is 5.69 Å². The normalized spacial score (nSPS) is 10.4. The molecule has 2 rings (SSSR count). The van der Waals surface area contributed by atoms with Crippen molar-refractivity contribution in [2.75, 3.05) is 18.0 Å². The second kappa shape index (κ2) is 5.61. The number of rotatable bonds is 6. The quantitative estimate of drug-likeness (QED) is 0.820. The molecule has 0 aliphatic carbocycles. The van der Waals surface area contributed by atoms with E-state index in [1.165, 1.54) is 6.20 Å². The molecule has 0 saturated carbocycles. The summed E-state index contributed by atoms with van der Waals surface area (Å²) in [7, 11) is 0. The van der Waals surface area contributed by atoms with E-state index in [-0.39, 0.29) is 5.69 Å². The summed E-state index contributed by atoms with van der Waals surface area (Å²) in [5.74, 6) is -1.02. The van der Waals surface area contributed by atoms with Crippen molar-refractivity contribution in [1.82, 2.24) is 9.38 Å². The van der Waals surface area contributed by atoms with Crippen molar-refractivity contribution in [3.63, 3.8) is 0 Å². The summed E-state index contributed by atoms with van der Waals surface area (Å²) < 4.78 is 1.74. The number of carboxylic acid groups (broad SMARTS) is 1. The molecular weight excluding hydrogens is 254 g/mol. The molecule has 0 radical (unpaired) electrons. The predicted octanol–water partition coefficient (Wildman–Crippen LogP) is 2.52. The number of aryl methyl sites for hydroxylation is 1. The zero-order valence-corrected chi connectivity index (χ0v) is 11.4. The molecule has 20 heavy (non-hydrogen) atoms. The fourth-order valence-corrected chi connectivity index (χ4v) is 2.12. The lowest BCUT2D eigenvalue weighted by molar-refractivity contribution is 0.0691. The lowest BCUT2D eigenvalue weighted by Crippen LogP contribution is -2.23. The second-order valence-corrected chi connectivity index (χ2v) is 4.53. The van der Waals surface area contributed by atoms with Crippen molar-refractivity contribution >= 4 is 17.3 Å². The molecular formula is C15H17N3O2. The summed E-state index contributed by atoms with van der Waals surface area (Å²) in [5.41, 5.74) is 2.60.